The van der Waals surface area contributed by atoms with Gasteiger partial charge in [-0.15, -0.1) is 0 Å². The average molecular weight is 323 g/mol. The van der Waals surface area contributed by atoms with Crippen LogP contribution >= 0.6 is 0 Å². The molecule has 0 amide bonds. The molecule has 3 rings (SSSR count). The Labute approximate surface area is 141 Å². The maximum absolute atomic E-state index is 6.64. The monoisotopic (exact) mass is 322 g/mol. The van der Waals surface area contributed by atoms with Gasteiger partial charge < -0.3 is 4.43 Å². The van der Waals surface area contributed by atoms with Crippen LogP contribution in [0.4, 0.5) is 0 Å². The summed E-state index contributed by atoms with van der Waals surface area (Å²) < 4.78 is 6.64. The molecule has 0 bridgehead atoms. The van der Waals surface area contributed by atoms with Crippen molar-refractivity contribution in [2.75, 3.05) is 6.61 Å². The molecule has 0 radical (unpaired) electrons. The Kier molecular flexibility index (Phi) is 4.56. The smallest absolute Gasteiger partial charge is 0.239 e. The number of rotatable bonds is 5. The Morgan fingerprint density at radius 3 is 1.74 bits per heavy atom. The first-order chi connectivity index (χ1) is 11.0. The van der Waals surface area contributed by atoms with Crippen molar-refractivity contribution in [1.82, 2.24) is 0 Å². The van der Waals surface area contributed by atoms with E-state index in [0.717, 1.165) is 13.0 Å². The summed E-state index contributed by atoms with van der Waals surface area (Å²) in [5.74, 6) is 0. The molecule has 0 fully saturated rings. The Morgan fingerprint density at radius 1 is 0.913 bits per heavy atom. The van der Waals surface area contributed by atoms with Crippen LogP contribution in [0.1, 0.15) is 27.2 Å². The first kappa shape index (κ1) is 16.2. The van der Waals surface area contributed by atoms with Crippen molar-refractivity contribution in [1.29, 1.82) is 0 Å². The van der Waals surface area contributed by atoms with E-state index in [1.807, 2.05) is 0 Å². The maximum Gasteiger partial charge on any atom is 0.239 e. The number of hydrogen-bond acceptors (Lipinski definition) is 1. The molecule has 0 aromatic heterocycles. The first-order valence-corrected chi connectivity index (χ1v) is 10.0. The second-order valence-corrected chi connectivity index (χ2v) is 9.95. The highest BCUT2D eigenvalue weighted by Crippen LogP contribution is 2.48. The van der Waals surface area contributed by atoms with Gasteiger partial charge in [-0.25, -0.2) is 0 Å². The molecule has 1 atom stereocenters. The van der Waals surface area contributed by atoms with E-state index in [-0.39, 0.29) is 10.8 Å². The molecule has 23 heavy (non-hydrogen) atoms. The highest BCUT2D eigenvalue weighted by Gasteiger charge is 2.43. The Hall–Kier alpha value is -1.64. The minimum Gasteiger partial charge on any atom is -0.410 e. The Bertz CT molecular complexity index is 618. The lowest BCUT2D eigenvalue weighted by Gasteiger charge is -2.47. The fourth-order valence-corrected chi connectivity index (χ4v) is 5.53. The Balaban J connectivity index is 1.85. The highest BCUT2D eigenvalue weighted by molar-refractivity contribution is 6.80. The van der Waals surface area contributed by atoms with Crippen molar-refractivity contribution in [2.45, 2.75) is 27.2 Å². The van der Waals surface area contributed by atoms with Gasteiger partial charge in [0.25, 0.3) is 0 Å². The molecule has 120 valence electrons. The van der Waals surface area contributed by atoms with Crippen LogP contribution in [-0.4, -0.2) is 15.6 Å². The fraction of sp³-hybridized carbons (Fsp3) is 0.333. The molecule has 2 aromatic carbocycles. The van der Waals surface area contributed by atoms with Crippen molar-refractivity contribution in [3.05, 3.63) is 72.8 Å². The highest BCUT2D eigenvalue weighted by atomic mass is 28.3. The summed E-state index contributed by atoms with van der Waals surface area (Å²) in [6.45, 7) is 7.78. The molecule has 1 aliphatic carbocycles. The molecule has 0 heterocycles. The van der Waals surface area contributed by atoms with Crippen LogP contribution in [0.5, 0.6) is 0 Å². The average Bonchev–Trinajstić information content (AvgIpc) is 2.50. The summed E-state index contributed by atoms with van der Waals surface area (Å²) in [7, 11) is -1.64. The molecule has 1 nitrogen and oxygen atoms in total. The van der Waals surface area contributed by atoms with Crippen LogP contribution in [0.3, 0.4) is 0 Å². The van der Waals surface area contributed by atoms with Crippen molar-refractivity contribution in [3.8, 4) is 0 Å². The van der Waals surface area contributed by atoms with Crippen LogP contribution in [0.25, 0.3) is 0 Å². The van der Waals surface area contributed by atoms with E-state index in [9.17, 15) is 0 Å². The van der Waals surface area contributed by atoms with Gasteiger partial charge in [0.2, 0.25) is 9.04 Å². The van der Waals surface area contributed by atoms with E-state index in [1.54, 1.807) is 0 Å². The van der Waals surface area contributed by atoms with Crippen molar-refractivity contribution >= 4 is 19.4 Å². The minimum absolute atomic E-state index is 0.182. The maximum atomic E-state index is 6.64. The first-order valence-electron chi connectivity index (χ1n) is 8.41. The second-order valence-electron chi connectivity index (χ2n) is 7.53. The third-order valence-corrected chi connectivity index (χ3v) is 7.61. The van der Waals surface area contributed by atoms with E-state index in [2.05, 4.69) is 93.6 Å². The van der Waals surface area contributed by atoms with Crippen LogP contribution in [0.2, 0.25) is 0 Å². The number of benzene rings is 2. The van der Waals surface area contributed by atoms with E-state index >= 15 is 0 Å². The summed E-state index contributed by atoms with van der Waals surface area (Å²) in [4.78, 5) is 0. The van der Waals surface area contributed by atoms with Crippen LogP contribution in [0.15, 0.2) is 72.8 Å². The van der Waals surface area contributed by atoms with Gasteiger partial charge in [-0.2, -0.15) is 0 Å². The molecule has 0 saturated heterocycles. The normalized spacial score (nSPS) is 20.5. The van der Waals surface area contributed by atoms with E-state index in [0.29, 0.717) is 0 Å². The standard InChI is InChI=1S/C21H26OSi/c1-20(2,3)21(15-10-16-21)17-22-23(18-11-6-4-7-12-18)19-13-8-5-9-14-19/h4-15,23H,16-17H2,1-3H3. The van der Waals surface area contributed by atoms with Crippen molar-refractivity contribution < 1.29 is 4.43 Å². The third kappa shape index (κ3) is 3.33. The molecule has 1 unspecified atom stereocenters. The SMILES string of the molecule is CC(C)(C)C1(CO[SiH](c2ccccc2)c2ccccc2)C=CC1. The topological polar surface area (TPSA) is 9.23 Å². The predicted molar refractivity (Wildman–Crippen MR) is 101 cm³/mol. The zero-order chi connectivity index (χ0) is 16.3. The van der Waals surface area contributed by atoms with Crippen LogP contribution < -0.4 is 10.4 Å². The molecular weight excluding hydrogens is 296 g/mol. The summed E-state index contributed by atoms with van der Waals surface area (Å²) in [5.41, 5.74) is 0.413. The lowest BCUT2D eigenvalue weighted by molar-refractivity contribution is 0.0610. The lowest BCUT2D eigenvalue weighted by atomic mass is 9.60. The van der Waals surface area contributed by atoms with Gasteiger partial charge in [-0.1, -0.05) is 93.6 Å². The minimum atomic E-state index is -1.64. The molecular formula is C21H26OSi. The zero-order valence-corrected chi connectivity index (χ0v) is 15.5. The molecule has 2 aromatic rings. The summed E-state index contributed by atoms with van der Waals surface area (Å²) in [6, 6.07) is 21.5. The quantitative estimate of drug-likeness (QED) is 0.604. The summed E-state index contributed by atoms with van der Waals surface area (Å²) >= 11 is 0. The van der Waals surface area contributed by atoms with E-state index in [1.165, 1.54) is 10.4 Å². The van der Waals surface area contributed by atoms with Crippen molar-refractivity contribution in [2.24, 2.45) is 10.8 Å². The van der Waals surface area contributed by atoms with Gasteiger partial charge in [-0.3, -0.25) is 0 Å². The van der Waals surface area contributed by atoms with Gasteiger partial charge >= 0.3 is 0 Å². The van der Waals surface area contributed by atoms with Gasteiger partial charge in [0, 0.05) is 12.0 Å². The van der Waals surface area contributed by atoms with Crippen LogP contribution in [0, 0.1) is 10.8 Å². The number of hydrogen-bond donors (Lipinski definition) is 0. The van der Waals surface area contributed by atoms with Crippen molar-refractivity contribution in [3.63, 3.8) is 0 Å². The number of allylic oxidation sites excluding steroid dienone is 1. The van der Waals surface area contributed by atoms with Crippen LogP contribution in [-0.2, 0) is 4.43 Å². The molecule has 0 aliphatic heterocycles. The Morgan fingerprint density at radius 2 is 1.39 bits per heavy atom. The lowest BCUT2D eigenvalue weighted by Crippen LogP contribution is -2.50. The summed E-state index contributed by atoms with van der Waals surface area (Å²) in [5, 5.41) is 2.71. The largest absolute Gasteiger partial charge is 0.410 e. The third-order valence-electron chi connectivity index (χ3n) is 5.12. The second kappa shape index (κ2) is 6.46. The van der Waals surface area contributed by atoms with Gasteiger partial charge in [0.05, 0.1) is 0 Å². The molecule has 0 saturated carbocycles. The van der Waals surface area contributed by atoms with Gasteiger partial charge in [0.15, 0.2) is 0 Å². The van der Waals surface area contributed by atoms with E-state index in [4.69, 9.17) is 4.43 Å². The molecule has 2 heteroatoms. The van der Waals surface area contributed by atoms with E-state index < -0.39 is 9.04 Å². The predicted octanol–water partition coefficient (Wildman–Crippen LogP) is 3.53. The van der Waals surface area contributed by atoms with Gasteiger partial charge in [-0.05, 0) is 22.2 Å². The summed E-state index contributed by atoms with van der Waals surface area (Å²) in [6.07, 6.45) is 5.76. The van der Waals surface area contributed by atoms with Gasteiger partial charge in [0.1, 0.15) is 0 Å². The molecule has 0 spiro atoms. The fourth-order valence-electron chi connectivity index (χ4n) is 3.15. The zero-order valence-electron chi connectivity index (χ0n) is 14.3. The molecule has 1 aliphatic rings. The molecule has 0 N–H and O–H groups in total.